The van der Waals surface area contributed by atoms with E-state index in [9.17, 15) is 0 Å². The van der Waals surface area contributed by atoms with E-state index in [1.54, 1.807) is 0 Å². The van der Waals surface area contributed by atoms with Gasteiger partial charge in [0.05, 0.1) is 0 Å². The van der Waals surface area contributed by atoms with E-state index in [0.29, 0.717) is 0 Å². The number of hydrogen-bond donors (Lipinski definition) is 0. The summed E-state index contributed by atoms with van der Waals surface area (Å²) >= 11 is 0.114. The molecule has 0 aliphatic rings. The molecule has 0 fully saturated rings. The Kier molecular flexibility index (Phi) is 2.20. The Balaban J connectivity index is 2.14. The van der Waals surface area contributed by atoms with Gasteiger partial charge in [0.1, 0.15) is 0 Å². The van der Waals surface area contributed by atoms with E-state index in [1.165, 1.54) is 0 Å². The van der Waals surface area contributed by atoms with Gasteiger partial charge >= 0.3 is 82.7 Å². The molecule has 2 aromatic heterocycles. The summed E-state index contributed by atoms with van der Waals surface area (Å²) in [7, 11) is 0. The van der Waals surface area contributed by atoms with Crippen LogP contribution in [-0.2, 0) is 0 Å². The SMILES string of the molecule is Cc1ccn([Se]n2ccc(C)n2)n1. The maximum atomic E-state index is 4.30. The fraction of sp³-hybridized carbons (Fsp3) is 0.250. The molecule has 0 aromatic carbocycles. The summed E-state index contributed by atoms with van der Waals surface area (Å²) in [4.78, 5) is 0. The molecule has 2 aromatic rings. The van der Waals surface area contributed by atoms with Crippen LogP contribution in [0.1, 0.15) is 11.4 Å². The topological polar surface area (TPSA) is 35.6 Å². The van der Waals surface area contributed by atoms with Gasteiger partial charge in [-0.2, -0.15) is 0 Å². The normalized spacial score (nSPS) is 10.6. The van der Waals surface area contributed by atoms with Crippen LogP contribution in [0.15, 0.2) is 24.5 Å². The van der Waals surface area contributed by atoms with Crippen molar-refractivity contribution in [3.63, 3.8) is 0 Å². The van der Waals surface area contributed by atoms with Gasteiger partial charge in [0.2, 0.25) is 0 Å². The van der Waals surface area contributed by atoms with Crippen molar-refractivity contribution in [1.29, 1.82) is 0 Å². The minimum atomic E-state index is 0.114. The summed E-state index contributed by atoms with van der Waals surface area (Å²) in [6.07, 6.45) is 3.96. The van der Waals surface area contributed by atoms with Gasteiger partial charge in [-0.05, 0) is 0 Å². The van der Waals surface area contributed by atoms with Crippen LogP contribution in [0, 0.1) is 13.8 Å². The van der Waals surface area contributed by atoms with Crippen LogP contribution in [0.4, 0.5) is 0 Å². The summed E-state index contributed by atoms with van der Waals surface area (Å²) < 4.78 is 3.85. The molecular weight excluding hydrogens is 231 g/mol. The third kappa shape index (κ3) is 1.99. The second-order valence-corrected chi connectivity index (χ2v) is 4.71. The summed E-state index contributed by atoms with van der Waals surface area (Å²) in [5.74, 6) is 0. The predicted molar refractivity (Wildman–Crippen MR) is 50.5 cm³/mol. The van der Waals surface area contributed by atoms with Gasteiger partial charge in [-0.1, -0.05) is 0 Å². The van der Waals surface area contributed by atoms with Crippen LogP contribution in [-0.4, -0.2) is 33.0 Å². The fourth-order valence-corrected chi connectivity index (χ4v) is 2.50. The number of rotatable bonds is 2. The van der Waals surface area contributed by atoms with Crippen molar-refractivity contribution in [2.45, 2.75) is 13.8 Å². The average molecular weight is 241 g/mol. The Morgan fingerprint density at radius 3 is 1.77 bits per heavy atom. The maximum absolute atomic E-state index is 4.30. The molecule has 0 saturated heterocycles. The fourth-order valence-electron chi connectivity index (χ4n) is 0.964. The van der Waals surface area contributed by atoms with Crippen molar-refractivity contribution in [1.82, 2.24) is 17.6 Å². The van der Waals surface area contributed by atoms with E-state index in [2.05, 4.69) is 10.2 Å². The minimum absolute atomic E-state index is 0.114. The number of hydrogen-bond acceptors (Lipinski definition) is 2. The Morgan fingerprint density at radius 2 is 1.46 bits per heavy atom. The van der Waals surface area contributed by atoms with E-state index in [0.717, 1.165) is 11.4 Å². The van der Waals surface area contributed by atoms with Crippen molar-refractivity contribution in [3.8, 4) is 0 Å². The van der Waals surface area contributed by atoms with E-state index in [1.807, 2.05) is 45.8 Å². The summed E-state index contributed by atoms with van der Waals surface area (Å²) in [6.45, 7) is 3.97. The molecular formula is C8H10N4Se. The van der Waals surface area contributed by atoms with Crippen LogP contribution in [0.5, 0.6) is 0 Å². The zero-order chi connectivity index (χ0) is 9.26. The Morgan fingerprint density at radius 1 is 1.00 bits per heavy atom. The molecule has 0 atom stereocenters. The molecule has 0 N–H and O–H groups in total. The van der Waals surface area contributed by atoms with Crippen molar-refractivity contribution in [2.75, 3.05) is 0 Å². The van der Waals surface area contributed by atoms with Crippen LogP contribution in [0.3, 0.4) is 0 Å². The third-order valence-corrected chi connectivity index (χ3v) is 3.12. The molecule has 4 nitrogen and oxygen atoms in total. The van der Waals surface area contributed by atoms with Gasteiger partial charge in [-0.3, -0.25) is 0 Å². The van der Waals surface area contributed by atoms with Crippen LogP contribution < -0.4 is 0 Å². The van der Waals surface area contributed by atoms with Crippen molar-refractivity contribution < 1.29 is 0 Å². The zero-order valence-corrected chi connectivity index (χ0v) is 9.22. The number of aryl methyl sites for hydroxylation is 2. The van der Waals surface area contributed by atoms with Gasteiger partial charge < -0.3 is 0 Å². The van der Waals surface area contributed by atoms with Crippen molar-refractivity contribution >= 4 is 15.4 Å². The molecule has 0 saturated carbocycles. The Labute approximate surface area is 83.1 Å². The van der Waals surface area contributed by atoms with Crippen LogP contribution in [0.25, 0.3) is 0 Å². The molecule has 0 unspecified atom stereocenters. The first-order valence-corrected chi connectivity index (χ1v) is 5.50. The molecule has 0 aliphatic heterocycles. The summed E-state index contributed by atoms with van der Waals surface area (Å²) in [6, 6.07) is 4.00. The molecule has 0 aliphatic carbocycles. The van der Waals surface area contributed by atoms with Gasteiger partial charge in [0, 0.05) is 0 Å². The molecule has 0 bridgehead atoms. The van der Waals surface area contributed by atoms with E-state index >= 15 is 0 Å². The first-order chi connectivity index (χ1) is 6.24. The van der Waals surface area contributed by atoms with Crippen LogP contribution in [0.2, 0.25) is 0 Å². The second-order valence-electron chi connectivity index (χ2n) is 2.80. The zero-order valence-electron chi connectivity index (χ0n) is 7.51. The quantitative estimate of drug-likeness (QED) is 0.723. The standard InChI is InChI=1S/C8H10N4Se/c1-7-3-5-11(9-7)13-12-6-4-8(2)10-12/h3-6H,1-2H3. The average Bonchev–Trinajstić information content (AvgIpc) is 2.62. The molecule has 0 amide bonds. The first-order valence-electron chi connectivity index (χ1n) is 3.97. The van der Waals surface area contributed by atoms with Gasteiger partial charge in [-0.25, -0.2) is 0 Å². The molecule has 2 heterocycles. The Hall–Kier alpha value is -1.06. The molecule has 0 radical (unpaired) electrons. The predicted octanol–water partition coefficient (Wildman–Crippen LogP) is 0.627. The summed E-state index contributed by atoms with van der Waals surface area (Å²) in [5, 5.41) is 8.60. The molecule has 5 heteroatoms. The third-order valence-electron chi connectivity index (χ3n) is 1.57. The molecule has 68 valence electrons. The van der Waals surface area contributed by atoms with Crippen molar-refractivity contribution in [3.05, 3.63) is 35.9 Å². The first kappa shape index (κ1) is 8.53. The molecule has 13 heavy (non-hydrogen) atoms. The van der Waals surface area contributed by atoms with Crippen LogP contribution >= 0.6 is 0 Å². The van der Waals surface area contributed by atoms with E-state index in [4.69, 9.17) is 0 Å². The number of aromatic nitrogens is 4. The van der Waals surface area contributed by atoms with Gasteiger partial charge in [-0.15, -0.1) is 0 Å². The summed E-state index contributed by atoms with van der Waals surface area (Å²) in [5.41, 5.74) is 2.09. The van der Waals surface area contributed by atoms with Gasteiger partial charge in [0.15, 0.2) is 0 Å². The van der Waals surface area contributed by atoms with Gasteiger partial charge in [0.25, 0.3) is 0 Å². The molecule has 2 rings (SSSR count). The van der Waals surface area contributed by atoms with Crippen molar-refractivity contribution in [2.24, 2.45) is 0 Å². The Bertz CT molecular complexity index is 365. The second kappa shape index (κ2) is 3.36. The molecule has 0 spiro atoms. The number of nitrogens with zero attached hydrogens (tertiary/aromatic N) is 4. The van der Waals surface area contributed by atoms with E-state index in [-0.39, 0.29) is 15.4 Å². The van der Waals surface area contributed by atoms with E-state index < -0.39 is 0 Å². The monoisotopic (exact) mass is 242 g/mol.